The second-order valence-corrected chi connectivity index (χ2v) is 4.58. The third kappa shape index (κ3) is 2.61. The first-order valence-electron chi connectivity index (χ1n) is 6.25. The highest BCUT2D eigenvalue weighted by atomic mass is 19.2. The van der Waals surface area contributed by atoms with E-state index in [4.69, 9.17) is 0 Å². The molecule has 0 bridgehead atoms. The highest BCUT2D eigenvalue weighted by Gasteiger charge is 2.23. The minimum Gasteiger partial charge on any atom is -0.366 e. The van der Waals surface area contributed by atoms with Crippen LogP contribution in [-0.2, 0) is 0 Å². The molecule has 1 fully saturated rings. The summed E-state index contributed by atoms with van der Waals surface area (Å²) < 4.78 is 39.8. The fourth-order valence-corrected chi connectivity index (χ4v) is 2.35. The van der Waals surface area contributed by atoms with E-state index in [0.29, 0.717) is 13.1 Å². The van der Waals surface area contributed by atoms with Crippen molar-refractivity contribution in [2.24, 2.45) is 0 Å². The van der Waals surface area contributed by atoms with Gasteiger partial charge >= 0.3 is 0 Å². The van der Waals surface area contributed by atoms with Crippen LogP contribution in [0, 0.1) is 17.5 Å². The van der Waals surface area contributed by atoms with Gasteiger partial charge in [0.15, 0.2) is 17.5 Å². The Labute approximate surface area is 105 Å². The van der Waals surface area contributed by atoms with E-state index < -0.39 is 17.5 Å². The first-order valence-corrected chi connectivity index (χ1v) is 6.25. The van der Waals surface area contributed by atoms with Gasteiger partial charge in [0, 0.05) is 25.7 Å². The van der Waals surface area contributed by atoms with Crippen LogP contribution in [0.5, 0.6) is 0 Å². The summed E-state index contributed by atoms with van der Waals surface area (Å²) in [5.74, 6) is -3.62. The monoisotopic (exact) mass is 258 g/mol. The average Bonchev–Trinajstić information content (AvgIpc) is 2.37. The Balaban J connectivity index is 2.18. The number of anilines is 1. The van der Waals surface area contributed by atoms with E-state index in [-0.39, 0.29) is 11.7 Å². The molecule has 0 aromatic heterocycles. The molecule has 1 heterocycles. The van der Waals surface area contributed by atoms with Crippen LogP contribution in [-0.4, -0.2) is 25.7 Å². The molecule has 1 aromatic carbocycles. The fourth-order valence-electron chi connectivity index (χ4n) is 2.35. The van der Waals surface area contributed by atoms with E-state index in [9.17, 15) is 13.2 Å². The number of nitrogens with one attached hydrogen (secondary N) is 1. The summed E-state index contributed by atoms with van der Waals surface area (Å²) in [4.78, 5) is 1.77. The van der Waals surface area contributed by atoms with Crippen LogP contribution in [0.2, 0.25) is 0 Å². The van der Waals surface area contributed by atoms with Gasteiger partial charge in [-0.05, 0) is 18.6 Å². The van der Waals surface area contributed by atoms with Crippen LogP contribution < -0.4 is 10.2 Å². The molecular formula is C13H17F3N2. The molecule has 18 heavy (non-hydrogen) atoms. The van der Waals surface area contributed by atoms with Crippen molar-refractivity contribution in [2.45, 2.75) is 25.8 Å². The van der Waals surface area contributed by atoms with Gasteiger partial charge in [0.1, 0.15) is 0 Å². The van der Waals surface area contributed by atoms with Crippen molar-refractivity contribution in [3.63, 3.8) is 0 Å². The van der Waals surface area contributed by atoms with Gasteiger partial charge in [0.2, 0.25) is 0 Å². The van der Waals surface area contributed by atoms with Gasteiger partial charge in [-0.2, -0.15) is 0 Å². The molecular weight excluding hydrogens is 241 g/mol. The number of rotatable bonds is 3. The molecule has 1 unspecified atom stereocenters. The SMILES string of the molecule is CCCC1CN(c2ccc(F)c(F)c2F)CCN1. The minimum atomic E-state index is -1.39. The molecule has 2 nitrogen and oxygen atoms in total. The Kier molecular flexibility index (Phi) is 4.11. The smallest absolute Gasteiger partial charge is 0.196 e. The van der Waals surface area contributed by atoms with E-state index >= 15 is 0 Å². The van der Waals surface area contributed by atoms with Crippen LogP contribution in [0.3, 0.4) is 0 Å². The summed E-state index contributed by atoms with van der Waals surface area (Å²) in [7, 11) is 0. The Morgan fingerprint density at radius 1 is 1.28 bits per heavy atom. The van der Waals surface area contributed by atoms with Crippen molar-refractivity contribution in [1.82, 2.24) is 5.32 Å². The summed E-state index contributed by atoms with van der Waals surface area (Å²) in [6, 6.07) is 2.56. The van der Waals surface area contributed by atoms with E-state index in [1.807, 2.05) is 0 Å². The van der Waals surface area contributed by atoms with Crippen LogP contribution in [0.25, 0.3) is 0 Å². The Bertz CT molecular complexity index is 421. The number of benzene rings is 1. The quantitative estimate of drug-likeness (QED) is 0.839. The summed E-state index contributed by atoms with van der Waals surface area (Å²) in [6.45, 7) is 4.03. The van der Waals surface area contributed by atoms with Crippen LogP contribution in [0.4, 0.5) is 18.9 Å². The number of nitrogens with zero attached hydrogens (tertiary/aromatic N) is 1. The zero-order valence-corrected chi connectivity index (χ0v) is 10.3. The predicted molar refractivity (Wildman–Crippen MR) is 65.2 cm³/mol. The molecule has 0 amide bonds. The molecule has 1 aliphatic rings. The standard InChI is InChI=1S/C13H17F3N2/c1-2-3-9-8-18(7-6-17-9)11-5-4-10(14)12(15)13(11)16/h4-5,9,17H,2-3,6-8H2,1H3. The van der Waals surface area contributed by atoms with Crippen molar-refractivity contribution >= 4 is 5.69 Å². The molecule has 0 aliphatic carbocycles. The van der Waals surface area contributed by atoms with E-state index in [1.54, 1.807) is 4.90 Å². The van der Waals surface area contributed by atoms with Gasteiger partial charge in [-0.3, -0.25) is 0 Å². The van der Waals surface area contributed by atoms with Gasteiger partial charge in [-0.1, -0.05) is 13.3 Å². The molecule has 5 heteroatoms. The molecule has 1 atom stereocenters. The lowest BCUT2D eigenvalue weighted by Crippen LogP contribution is -2.51. The first-order chi connectivity index (χ1) is 8.63. The number of hydrogen-bond donors (Lipinski definition) is 1. The lowest BCUT2D eigenvalue weighted by Gasteiger charge is -2.35. The van der Waals surface area contributed by atoms with Crippen LogP contribution in [0.1, 0.15) is 19.8 Å². The topological polar surface area (TPSA) is 15.3 Å². The third-order valence-corrected chi connectivity index (χ3v) is 3.25. The summed E-state index contributed by atoms with van der Waals surface area (Å²) >= 11 is 0. The molecule has 1 saturated heterocycles. The molecule has 0 saturated carbocycles. The van der Waals surface area contributed by atoms with Gasteiger partial charge in [-0.15, -0.1) is 0 Å². The van der Waals surface area contributed by atoms with Crippen molar-refractivity contribution in [2.75, 3.05) is 24.5 Å². The maximum absolute atomic E-state index is 13.7. The maximum atomic E-state index is 13.7. The van der Waals surface area contributed by atoms with E-state index in [0.717, 1.165) is 25.5 Å². The van der Waals surface area contributed by atoms with Crippen molar-refractivity contribution < 1.29 is 13.2 Å². The van der Waals surface area contributed by atoms with Gasteiger partial charge in [0.05, 0.1) is 5.69 Å². The first kappa shape index (κ1) is 13.2. The lowest BCUT2D eigenvalue weighted by molar-refractivity contribution is 0.417. The maximum Gasteiger partial charge on any atom is 0.196 e. The van der Waals surface area contributed by atoms with Crippen molar-refractivity contribution in [3.8, 4) is 0 Å². The Hall–Kier alpha value is -1.23. The van der Waals surface area contributed by atoms with Gasteiger partial charge in [-0.25, -0.2) is 13.2 Å². The highest BCUT2D eigenvalue weighted by Crippen LogP contribution is 2.24. The largest absolute Gasteiger partial charge is 0.366 e. The Morgan fingerprint density at radius 2 is 2.06 bits per heavy atom. The fraction of sp³-hybridized carbons (Fsp3) is 0.538. The number of hydrogen-bond acceptors (Lipinski definition) is 2. The molecule has 2 rings (SSSR count). The third-order valence-electron chi connectivity index (χ3n) is 3.25. The summed E-state index contributed by atoms with van der Waals surface area (Å²) in [5, 5.41) is 3.33. The second-order valence-electron chi connectivity index (χ2n) is 4.58. The molecule has 0 spiro atoms. The molecule has 1 aliphatic heterocycles. The zero-order chi connectivity index (χ0) is 13.1. The van der Waals surface area contributed by atoms with Crippen LogP contribution in [0.15, 0.2) is 12.1 Å². The Morgan fingerprint density at radius 3 is 2.78 bits per heavy atom. The molecule has 1 aromatic rings. The number of piperazine rings is 1. The number of halogens is 3. The molecule has 1 N–H and O–H groups in total. The zero-order valence-electron chi connectivity index (χ0n) is 10.3. The van der Waals surface area contributed by atoms with Gasteiger partial charge in [0.25, 0.3) is 0 Å². The highest BCUT2D eigenvalue weighted by molar-refractivity contribution is 5.49. The van der Waals surface area contributed by atoms with E-state index in [2.05, 4.69) is 12.2 Å². The lowest BCUT2D eigenvalue weighted by atomic mass is 10.1. The normalized spacial score (nSPS) is 20.2. The van der Waals surface area contributed by atoms with E-state index in [1.165, 1.54) is 6.07 Å². The average molecular weight is 258 g/mol. The summed E-state index contributed by atoms with van der Waals surface area (Å²) in [6.07, 6.45) is 2.02. The second kappa shape index (κ2) is 5.61. The van der Waals surface area contributed by atoms with Crippen molar-refractivity contribution in [3.05, 3.63) is 29.6 Å². The summed E-state index contributed by atoms with van der Waals surface area (Å²) in [5.41, 5.74) is 0.150. The minimum absolute atomic E-state index is 0.150. The van der Waals surface area contributed by atoms with Gasteiger partial charge < -0.3 is 10.2 Å². The van der Waals surface area contributed by atoms with Crippen LogP contribution >= 0.6 is 0 Å². The predicted octanol–water partition coefficient (Wildman–Crippen LogP) is 2.68. The molecule has 100 valence electrons. The van der Waals surface area contributed by atoms with Crippen molar-refractivity contribution in [1.29, 1.82) is 0 Å². The molecule has 0 radical (unpaired) electrons.